The molecule has 0 saturated heterocycles. The molecule has 0 radical (unpaired) electrons. The van der Waals surface area contributed by atoms with Crippen LogP contribution in [0.4, 0.5) is 5.82 Å². The van der Waals surface area contributed by atoms with Gasteiger partial charge in [0.15, 0.2) is 11.0 Å². The number of hydrogen-bond donors (Lipinski definition) is 1. The maximum Gasteiger partial charge on any atom is 0.226 e. The maximum atomic E-state index is 12.3. The summed E-state index contributed by atoms with van der Waals surface area (Å²) in [5.74, 6) is 1.04. The quantitative estimate of drug-likeness (QED) is 0.686. The van der Waals surface area contributed by atoms with Crippen molar-refractivity contribution >= 4 is 39.3 Å². The fraction of sp³-hybridized carbons (Fsp3) is 0.176. The van der Waals surface area contributed by atoms with Crippen LogP contribution in [0, 0.1) is 6.92 Å². The molecule has 1 amide bonds. The SMILES string of the molecule is Cc1nn(-c2ccc(Cl)nn2)c2c1C(c1ccc(Br)cc1)CC(=O)N2. The Morgan fingerprint density at radius 1 is 1.20 bits per heavy atom. The summed E-state index contributed by atoms with van der Waals surface area (Å²) in [4.78, 5) is 12.3. The van der Waals surface area contributed by atoms with E-state index in [2.05, 4.69) is 36.5 Å². The molecule has 0 bridgehead atoms. The summed E-state index contributed by atoms with van der Waals surface area (Å²) in [6, 6.07) is 11.4. The summed E-state index contributed by atoms with van der Waals surface area (Å²) < 4.78 is 2.61. The van der Waals surface area contributed by atoms with Gasteiger partial charge in [0.2, 0.25) is 5.91 Å². The van der Waals surface area contributed by atoms with Crippen LogP contribution < -0.4 is 5.32 Å². The molecule has 0 spiro atoms. The van der Waals surface area contributed by atoms with Crippen molar-refractivity contribution in [2.24, 2.45) is 0 Å². The predicted molar refractivity (Wildman–Crippen MR) is 98.1 cm³/mol. The van der Waals surface area contributed by atoms with Crippen LogP contribution in [0.2, 0.25) is 5.15 Å². The Kier molecular flexibility index (Phi) is 4.05. The molecular formula is C17H13BrClN5O. The average molecular weight is 419 g/mol. The number of carbonyl (C=O) groups excluding carboxylic acids is 1. The molecule has 2 aromatic heterocycles. The molecule has 0 aliphatic carbocycles. The maximum absolute atomic E-state index is 12.3. The van der Waals surface area contributed by atoms with Gasteiger partial charge in [-0.05, 0) is 36.8 Å². The van der Waals surface area contributed by atoms with Gasteiger partial charge >= 0.3 is 0 Å². The fourth-order valence-corrected chi connectivity index (χ4v) is 3.48. The number of anilines is 1. The number of hydrogen-bond acceptors (Lipinski definition) is 4. The van der Waals surface area contributed by atoms with Crippen LogP contribution in [-0.4, -0.2) is 25.9 Å². The Bertz CT molecular complexity index is 952. The number of aromatic nitrogens is 4. The van der Waals surface area contributed by atoms with E-state index in [1.54, 1.807) is 16.8 Å². The number of benzene rings is 1. The number of aryl methyl sites for hydroxylation is 1. The first-order valence-electron chi connectivity index (χ1n) is 7.67. The lowest BCUT2D eigenvalue weighted by atomic mass is 9.86. The summed E-state index contributed by atoms with van der Waals surface area (Å²) >= 11 is 9.26. The first kappa shape index (κ1) is 16.2. The van der Waals surface area contributed by atoms with Crippen LogP contribution in [0.3, 0.4) is 0 Å². The van der Waals surface area contributed by atoms with E-state index in [0.717, 1.165) is 21.3 Å². The highest BCUT2D eigenvalue weighted by atomic mass is 79.9. The van der Waals surface area contributed by atoms with Gasteiger partial charge in [0.25, 0.3) is 0 Å². The van der Waals surface area contributed by atoms with Gasteiger partial charge in [0.1, 0.15) is 5.82 Å². The van der Waals surface area contributed by atoms with E-state index in [9.17, 15) is 4.79 Å². The van der Waals surface area contributed by atoms with E-state index in [0.29, 0.717) is 23.2 Å². The van der Waals surface area contributed by atoms with Crippen LogP contribution in [0.1, 0.15) is 29.2 Å². The Hall–Kier alpha value is -2.25. The highest BCUT2D eigenvalue weighted by Gasteiger charge is 2.32. The summed E-state index contributed by atoms with van der Waals surface area (Å²) in [5.41, 5.74) is 2.92. The second kappa shape index (κ2) is 6.24. The lowest BCUT2D eigenvalue weighted by Gasteiger charge is -2.24. The molecule has 25 heavy (non-hydrogen) atoms. The van der Waals surface area contributed by atoms with Gasteiger partial charge in [-0.3, -0.25) is 4.79 Å². The van der Waals surface area contributed by atoms with Gasteiger partial charge in [-0.1, -0.05) is 39.7 Å². The number of rotatable bonds is 2. The molecule has 0 saturated carbocycles. The Balaban J connectivity index is 1.85. The highest BCUT2D eigenvalue weighted by Crippen LogP contribution is 2.40. The van der Waals surface area contributed by atoms with Crippen molar-refractivity contribution < 1.29 is 4.79 Å². The van der Waals surface area contributed by atoms with Crippen LogP contribution in [0.25, 0.3) is 5.82 Å². The Labute approximate surface area is 157 Å². The van der Waals surface area contributed by atoms with Gasteiger partial charge in [0.05, 0.1) is 5.69 Å². The van der Waals surface area contributed by atoms with Gasteiger partial charge in [-0.15, -0.1) is 10.2 Å². The molecule has 8 heteroatoms. The third-order valence-electron chi connectivity index (χ3n) is 4.21. The fourth-order valence-electron chi connectivity index (χ4n) is 3.11. The molecule has 1 atom stereocenters. The highest BCUT2D eigenvalue weighted by molar-refractivity contribution is 9.10. The summed E-state index contributed by atoms with van der Waals surface area (Å²) in [7, 11) is 0. The first-order chi connectivity index (χ1) is 12.0. The normalized spacial score (nSPS) is 16.4. The molecule has 1 aromatic carbocycles. The molecule has 1 N–H and O–H groups in total. The minimum Gasteiger partial charge on any atom is -0.310 e. The lowest BCUT2D eigenvalue weighted by Crippen LogP contribution is -2.25. The number of carbonyl (C=O) groups is 1. The van der Waals surface area contributed by atoms with Crippen LogP contribution in [0.5, 0.6) is 0 Å². The molecule has 6 nitrogen and oxygen atoms in total. The van der Waals surface area contributed by atoms with E-state index >= 15 is 0 Å². The summed E-state index contributed by atoms with van der Waals surface area (Å²) in [6.45, 7) is 1.93. The van der Waals surface area contributed by atoms with Crippen LogP contribution in [-0.2, 0) is 4.79 Å². The smallest absolute Gasteiger partial charge is 0.226 e. The number of halogens is 2. The van der Waals surface area contributed by atoms with E-state index in [-0.39, 0.29) is 11.8 Å². The van der Waals surface area contributed by atoms with Gasteiger partial charge in [0, 0.05) is 22.4 Å². The minimum atomic E-state index is -0.0523. The zero-order valence-corrected chi connectivity index (χ0v) is 15.5. The van der Waals surface area contributed by atoms with Crippen molar-refractivity contribution in [3.05, 3.63) is 62.8 Å². The number of nitrogens with zero attached hydrogens (tertiary/aromatic N) is 4. The molecular weight excluding hydrogens is 406 g/mol. The molecule has 126 valence electrons. The lowest BCUT2D eigenvalue weighted by molar-refractivity contribution is -0.116. The predicted octanol–water partition coefficient (Wildman–Crippen LogP) is 3.86. The molecule has 1 unspecified atom stereocenters. The van der Waals surface area contributed by atoms with Crippen LogP contribution in [0.15, 0.2) is 40.9 Å². The third-order valence-corrected chi connectivity index (χ3v) is 4.94. The molecule has 1 aliphatic heterocycles. The topological polar surface area (TPSA) is 72.7 Å². The van der Waals surface area contributed by atoms with Crippen molar-refractivity contribution in [1.29, 1.82) is 0 Å². The van der Waals surface area contributed by atoms with Crippen LogP contribution >= 0.6 is 27.5 Å². The summed E-state index contributed by atoms with van der Waals surface area (Å²) in [6.07, 6.45) is 0.382. The second-order valence-electron chi connectivity index (χ2n) is 5.83. The second-order valence-corrected chi connectivity index (χ2v) is 7.13. The van der Waals surface area contributed by atoms with E-state index in [1.807, 2.05) is 31.2 Å². The molecule has 1 aliphatic rings. The number of nitrogens with one attached hydrogen (secondary N) is 1. The molecule has 3 heterocycles. The Morgan fingerprint density at radius 3 is 2.64 bits per heavy atom. The van der Waals surface area contributed by atoms with E-state index in [4.69, 9.17) is 11.6 Å². The van der Waals surface area contributed by atoms with Gasteiger partial charge in [-0.25, -0.2) is 0 Å². The van der Waals surface area contributed by atoms with Crippen molar-refractivity contribution in [3.63, 3.8) is 0 Å². The van der Waals surface area contributed by atoms with Gasteiger partial charge < -0.3 is 5.32 Å². The monoisotopic (exact) mass is 417 g/mol. The molecule has 3 aromatic rings. The van der Waals surface area contributed by atoms with Crippen molar-refractivity contribution in [1.82, 2.24) is 20.0 Å². The number of fused-ring (bicyclic) bond motifs is 1. The Morgan fingerprint density at radius 2 is 1.96 bits per heavy atom. The standard InChI is InChI=1S/C17H13BrClN5O/c1-9-16-12(10-2-4-11(18)5-3-10)8-15(25)20-17(16)24(23-9)14-7-6-13(19)21-22-14/h2-7,12H,8H2,1H3,(H,20,25). The van der Waals surface area contributed by atoms with Crippen molar-refractivity contribution in [3.8, 4) is 5.82 Å². The third kappa shape index (κ3) is 2.94. The minimum absolute atomic E-state index is 0.0501. The summed E-state index contributed by atoms with van der Waals surface area (Å²) in [5, 5.41) is 15.7. The molecule has 0 fully saturated rings. The van der Waals surface area contributed by atoms with E-state index in [1.165, 1.54) is 0 Å². The van der Waals surface area contributed by atoms with E-state index < -0.39 is 0 Å². The largest absolute Gasteiger partial charge is 0.310 e. The average Bonchev–Trinajstić information content (AvgIpc) is 2.92. The zero-order valence-electron chi connectivity index (χ0n) is 13.2. The number of amides is 1. The molecule has 4 rings (SSSR count). The van der Waals surface area contributed by atoms with Crippen molar-refractivity contribution in [2.45, 2.75) is 19.3 Å². The first-order valence-corrected chi connectivity index (χ1v) is 8.84. The van der Waals surface area contributed by atoms with Gasteiger partial charge in [-0.2, -0.15) is 9.78 Å². The van der Waals surface area contributed by atoms with Crippen molar-refractivity contribution in [2.75, 3.05) is 5.32 Å². The zero-order chi connectivity index (χ0) is 17.6.